The van der Waals surface area contributed by atoms with Crippen LogP contribution in [-0.2, 0) is 23.9 Å². The molecule has 2 aromatic carbocycles. The highest BCUT2D eigenvalue weighted by molar-refractivity contribution is 9.12. The molecule has 0 aromatic heterocycles. The third-order valence-electron chi connectivity index (χ3n) is 11.0. The molecular formula is C44H53Br2N5O12. The van der Waals surface area contributed by atoms with Crippen LogP contribution in [0, 0.1) is 0 Å². The van der Waals surface area contributed by atoms with Crippen LogP contribution in [0.5, 0.6) is 23.0 Å². The Morgan fingerprint density at radius 3 is 2.10 bits per heavy atom. The van der Waals surface area contributed by atoms with Crippen molar-refractivity contribution in [2.75, 3.05) is 84.9 Å². The van der Waals surface area contributed by atoms with E-state index in [2.05, 4.69) is 55.3 Å². The zero-order chi connectivity index (χ0) is 45.2. The van der Waals surface area contributed by atoms with E-state index in [0.29, 0.717) is 97.5 Å². The number of aliphatic imine (C=N–C) groups is 1. The van der Waals surface area contributed by atoms with Gasteiger partial charge in [0.05, 0.1) is 94.9 Å². The Morgan fingerprint density at radius 2 is 1.41 bits per heavy atom. The fourth-order valence-electron chi connectivity index (χ4n) is 7.76. The summed E-state index contributed by atoms with van der Waals surface area (Å²) in [6.07, 6.45) is 5.28. The maximum absolute atomic E-state index is 13.9. The molecule has 0 radical (unpaired) electrons. The molecule has 2 N–H and O–H groups in total. The summed E-state index contributed by atoms with van der Waals surface area (Å²) >= 11 is 6.01. The molecule has 6 rings (SSSR count). The van der Waals surface area contributed by atoms with Gasteiger partial charge in [-0.3, -0.25) is 29.0 Å². The first kappa shape index (κ1) is 47.5. The van der Waals surface area contributed by atoms with Crippen LogP contribution in [0.3, 0.4) is 0 Å². The summed E-state index contributed by atoms with van der Waals surface area (Å²) in [4.78, 5) is 72.0. The van der Waals surface area contributed by atoms with Crippen molar-refractivity contribution < 1.29 is 57.5 Å². The van der Waals surface area contributed by atoms with E-state index >= 15 is 0 Å². The number of fused-ring (bicyclic) bond motifs is 4. The van der Waals surface area contributed by atoms with Crippen molar-refractivity contribution in [3.63, 3.8) is 0 Å². The second-order valence-corrected chi connectivity index (χ2v) is 17.5. The molecule has 340 valence electrons. The number of rotatable bonds is 22. The van der Waals surface area contributed by atoms with Gasteiger partial charge in [0, 0.05) is 44.5 Å². The first-order valence-electron chi connectivity index (χ1n) is 20.7. The minimum atomic E-state index is -1.16. The highest BCUT2D eigenvalue weighted by Crippen LogP contribution is 2.41. The second kappa shape index (κ2) is 22.1. The van der Waals surface area contributed by atoms with E-state index in [4.69, 9.17) is 33.5 Å². The molecule has 17 nitrogen and oxygen atoms in total. The average molecular weight is 1000 g/mol. The van der Waals surface area contributed by atoms with Crippen LogP contribution >= 0.6 is 31.9 Å². The van der Waals surface area contributed by atoms with Crippen LogP contribution in [0.1, 0.15) is 59.2 Å². The standard InChI is InChI=1S/C44H53Br2N5O12/c1-26-16-28-22-48-32-20-36(34(58-3)18-30(32)42(54)49(28)23-26)62-10-6-5-7-11-63-37-21-33-31(19-35(37)59-4)43(55)50-24-27(2)17-29(50)25-51(33)38(52)8-12-60-14-15-61-13-9-47-41(53)39(45)40(46)44(56)57/h18-22,28-29,39-40H,1-2,5-17,23-25H2,3-4H3,(H,47,53)(H,56,57)/t28-,29-,39?,40?/m0/s1. The van der Waals surface area contributed by atoms with Crippen LogP contribution in [0.15, 0.2) is 53.6 Å². The Hall–Kier alpha value is -4.98. The molecular weight excluding hydrogens is 950 g/mol. The maximum atomic E-state index is 13.9. The summed E-state index contributed by atoms with van der Waals surface area (Å²) in [5.41, 5.74) is 3.69. The maximum Gasteiger partial charge on any atom is 0.318 e. The molecule has 4 aliphatic heterocycles. The fourth-order valence-corrected chi connectivity index (χ4v) is 8.39. The summed E-state index contributed by atoms with van der Waals surface area (Å²) in [7, 11) is 3.04. The predicted molar refractivity (Wildman–Crippen MR) is 241 cm³/mol. The number of aliphatic carboxylic acids is 1. The van der Waals surface area contributed by atoms with E-state index in [0.717, 1.165) is 17.6 Å². The van der Waals surface area contributed by atoms with Gasteiger partial charge in [0.1, 0.15) is 9.65 Å². The van der Waals surface area contributed by atoms with E-state index in [-0.39, 0.29) is 75.7 Å². The zero-order valence-corrected chi connectivity index (χ0v) is 38.6. The third-order valence-corrected chi connectivity index (χ3v) is 13.6. The summed E-state index contributed by atoms with van der Waals surface area (Å²) in [5.74, 6) is -0.454. The molecule has 2 unspecified atom stereocenters. The summed E-state index contributed by atoms with van der Waals surface area (Å²) < 4.78 is 34.8. The van der Waals surface area contributed by atoms with Crippen molar-refractivity contribution in [3.05, 3.63) is 59.7 Å². The van der Waals surface area contributed by atoms with Crippen LogP contribution in [0.4, 0.5) is 11.4 Å². The molecule has 2 fully saturated rings. The lowest BCUT2D eigenvalue weighted by Crippen LogP contribution is -2.42. The Labute approximate surface area is 383 Å². The number of halogens is 2. The highest BCUT2D eigenvalue weighted by atomic mass is 79.9. The monoisotopic (exact) mass is 1000 g/mol. The van der Waals surface area contributed by atoms with Gasteiger partial charge in [-0.1, -0.05) is 56.2 Å². The molecule has 0 spiro atoms. The van der Waals surface area contributed by atoms with Crippen molar-refractivity contribution in [2.45, 2.75) is 60.3 Å². The van der Waals surface area contributed by atoms with Gasteiger partial charge in [-0.15, -0.1) is 0 Å². The molecule has 0 aliphatic carbocycles. The first-order chi connectivity index (χ1) is 30.3. The van der Waals surface area contributed by atoms with Gasteiger partial charge in [0.15, 0.2) is 23.0 Å². The predicted octanol–water partition coefficient (Wildman–Crippen LogP) is 5.09. The van der Waals surface area contributed by atoms with E-state index in [9.17, 15) is 24.0 Å². The van der Waals surface area contributed by atoms with Gasteiger partial charge >= 0.3 is 5.97 Å². The van der Waals surface area contributed by atoms with Crippen molar-refractivity contribution in [1.29, 1.82) is 0 Å². The Balaban J connectivity index is 0.991. The lowest BCUT2D eigenvalue weighted by Gasteiger charge is -2.26. The summed E-state index contributed by atoms with van der Waals surface area (Å²) in [5, 5.41) is 11.6. The molecule has 4 amide bonds. The highest BCUT2D eigenvalue weighted by Gasteiger charge is 2.40. The number of unbranched alkanes of at least 4 members (excludes halogenated alkanes) is 2. The average Bonchev–Trinajstić information content (AvgIpc) is 3.78. The number of nitrogens with one attached hydrogen (secondary N) is 1. The van der Waals surface area contributed by atoms with Crippen molar-refractivity contribution in [1.82, 2.24) is 15.1 Å². The van der Waals surface area contributed by atoms with E-state index < -0.39 is 21.5 Å². The normalized spacial score (nSPS) is 18.8. The number of benzene rings is 2. The van der Waals surface area contributed by atoms with Gasteiger partial charge in [0.25, 0.3) is 11.8 Å². The van der Waals surface area contributed by atoms with Crippen LogP contribution in [-0.4, -0.2) is 152 Å². The second-order valence-electron chi connectivity index (χ2n) is 15.5. The number of carboxylic acid groups (broad SMARTS) is 1. The molecule has 2 saturated heterocycles. The number of carbonyl (C=O) groups is 5. The number of amides is 4. The number of carbonyl (C=O) groups excluding carboxylic acids is 4. The van der Waals surface area contributed by atoms with Crippen molar-refractivity contribution >= 4 is 79.0 Å². The number of anilines is 1. The van der Waals surface area contributed by atoms with Gasteiger partial charge < -0.3 is 53.5 Å². The van der Waals surface area contributed by atoms with E-state index in [1.165, 1.54) is 14.2 Å². The van der Waals surface area contributed by atoms with Gasteiger partial charge in [0.2, 0.25) is 11.8 Å². The van der Waals surface area contributed by atoms with Gasteiger partial charge in [-0.05, 0) is 44.2 Å². The molecule has 0 bridgehead atoms. The number of ether oxygens (including phenoxy) is 6. The number of carboxylic acids is 1. The number of nitrogens with zero attached hydrogens (tertiary/aromatic N) is 4. The Bertz CT molecular complexity index is 2120. The minimum Gasteiger partial charge on any atom is -0.493 e. The summed E-state index contributed by atoms with van der Waals surface area (Å²) in [6, 6.07) is 6.42. The van der Waals surface area contributed by atoms with Crippen molar-refractivity contribution in [3.8, 4) is 23.0 Å². The van der Waals surface area contributed by atoms with Gasteiger partial charge in [-0.25, -0.2) is 0 Å². The number of alkyl halides is 2. The molecule has 4 atom stereocenters. The molecule has 2 aromatic rings. The quantitative estimate of drug-likeness (QED) is 0.0904. The number of methoxy groups -OCH3 is 2. The summed E-state index contributed by atoms with van der Waals surface area (Å²) in [6.45, 7) is 11.0. The van der Waals surface area contributed by atoms with Crippen LogP contribution < -0.4 is 29.2 Å². The Kier molecular flexibility index (Phi) is 16.6. The van der Waals surface area contributed by atoms with Crippen LogP contribution in [0.25, 0.3) is 0 Å². The molecule has 4 aliphatic rings. The molecule has 19 heteroatoms. The van der Waals surface area contributed by atoms with Gasteiger partial charge in [-0.2, -0.15) is 0 Å². The minimum absolute atomic E-state index is 0.0454. The largest absolute Gasteiger partial charge is 0.493 e. The number of hydrogen-bond donors (Lipinski definition) is 2. The molecule has 63 heavy (non-hydrogen) atoms. The smallest absolute Gasteiger partial charge is 0.318 e. The molecule has 4 heterocycles. The molecule has 0 saturated carbocycles. The fraction of sp³-hybridized carbons (Fsp3) is 0.500. The third kappa shape index (κ3) is 11.6. The van der Waals surface area contributed by atoms with E-state index in [1.807, 2.05) is 0 Å². The van der Waals surface area contributed by atoms with E-state index in [1.54, 1.807) is 45.2 Å². The lowest BCUT2D eigenvalue weighted by molar-refractivity contribution is -0.137. The SMILES string of the molecule is C=C1C[C@H]2CN(C(=O)CCOCCOCCNC(=O)C(Br)C(Br)C(=O)O)c3cc(OCCCCCOc4cc5c(cc4OC)C(=O)N4CC(=C)C[C@H]4C=N5)c(OC)cc3C(=O)N2C1. The topological polar surface area (TPSA) is 195 Å². The lowest BCUT2D eigenvalue weighted by atomic mass is 10.1. The zero-order valence-electron chi connectivity index (χ0n) is 35.4. The van der Waals surface area contributed by atoms with Crippen LogP contribution in [0.2, 0.25) is 0 Å². The first-order valence-corrected chi connectivity index (χ1v) is 22.6. The Morgan fingerprint density at radius 1 is 0.794 bits per heavy atom. The van der Waals surface area contributed by atoms with Crippen molar-refractivity contribution in [2.24, 2.45) is 4.99 Å². The number of hydrogen-bond acceptors (Lipinski definition) is 12.